The van der Waals surface area contributed by atoms with Crippen LogP contribution in [0.1, 0.15) is 19.2 Å². The summed E-state index contributed by atoms with van der Waals surface area (Å²) >= 11 is 0. The van der Waals surface area contributed by atoms with E-state index in [0.29, 0.717) is 5.95 Å². The summed E-state index contributed by atoms with van der Waals surface area (Å²) in [5, 5.41) is 11.9. The maximum atomic E-state index is 4.35. The number of para-hydroxylation sites is 1. The van der Waals surface area contributed by atoms with E-state index >= 15 is 0 Å². The van der Waals surface area contributed by atoms with E-state index < -0.39 is 0 Å². The molecule has 0 aliphatic carbocycles. The van der Waals surface area contributed by atoms with Crippen LogP contribution in [0.4, 0.5) is 0 Å². The van der Waals surface area contributed by atoms with Crippen molar-refractivity contribution in [2.24, 2.45) is 0 Å². The lowest BCUT2D eigenvalue weighted by Crippen LogP contribution is -2.09. The zero-order chi connectivity index (χ0) is 13.1. The summed E-state index contributed by atoms with van der Waals surface area (Å²) in [6.45, 7) is 2.12. The standard InChI is InChI=1S/C13H14N6/c1-2-6-12-14-9-10-18(12)13-15-16-17-19(13)11-7-4-3-5-8-11/h3-5,7-10H,2,6H2,1H3. The van der Waals surface area contributed by atoms with Crippen LogP contribution in [-0.4, -0.2) is 29.8 Å². The molecule has 6 nitrogen and oxygen atoms in total. The van der Waals surface area contributed by atoms with E-state index in [1.807, 2.05) is 41.1 Å². The predicted octanol–water partition coefficient (Wildman–Crippen LogP) is 1.80. The minimum absolute atomic E-state index is 0.659. The highest BCUT2D eigenvalue weighted by Crippen LogP contribution is 2.13. The largest absolute Gasteiger partial charge is 0.270 e. The number of hydrogen-bond donors (Lipinski definition) is 0. The van der Waals surface area contributed by atoms with Gasteiger partial charge in [-0.3, -0.25) is 4.57 Å². The molecule has 19 heavy (non-hydrogen) atoms. The van der Waals surface area contributed by atoms with Crippen molar-refractivity contribution in [1.82, 2.24) is 29.8 Å². The van der Waals surface area contributed by atoms with Crippen LogP contribution in [-0.2, 0) is 6.42 Å². The Morgan fingerprint density at radius 3 is 2.79 bits per heavy atom. The van der Waals surface area contributed by atoms with Gasteiger partial charge in [0, 0.05) is 18.8 Å². The Morgan fingerprint density at radius 1 is 1.16 bits per heavy atom. The molecule has 0 N–H and O–H groups in total. The first kappa shape index (κ1) is 11.6. The maximum absolute atomic E-state index is 4.35. The summed E-state index contributed by atoms with van der Waals surface area (Å²) in [5.74, 6) is 1.63. The number of benzene rings is 1. The Kier molecular flexibility index (Phi) is 3.06. The van der Waals surface area contributed by atoms with Gasteiger partial charge in [-0.1, -0.05) is 30.2 Å². The van der Waals surface area contributed by atoms with Gasteiger partial charge < -0.3 is 0 Å². The molecule has 3 aromatic rings. The summed E-state index contributed by atoms with van der Waals surface area (Å²) in [5.41, 5.74) is 0.929. The first-order valence-electron chi connectivity index (χ1n) is 6.26. The smallest absolute Gasteiger partial charge is 0.259 e. The van der Waals surface area contributed by atoms with Crippen molar-refractivity contribution in [1.29, 1.82) is 0 Å². The van der Waals surface area contributed by atoms with Crippen LogP contribution in [0.15, 0.2) is 42.7 Å². The summed E-state index contributed by atoms with van der Waals surface area (Å²) in [4.78, 5) is 4.35. The third-order valence-corrected chi connectivity index (χ3v) is 2.86. The first-order valence-corrected chi connectivity index (χ1v) is 6.26. The Labute approximate surface area is 110 Å². The number of aryl methyl sites for hydroxylation is 1. The lowest BCUT2D eigenvalue weighted by Gasteiger charge is -2.07. The number of hydrogen-bond acceptors (Lipinski definition) is 4. The molecule has 6 heteroatoms. The van der Waals surface area contributed by atoms with E-state index in [4.69, 9.17) is 0 Å². The van der Waals surface area contributed by atoms with E-state index in [1.54, 1.807) is 10.9 Å². The highest BCUT2D eigenvalue weighted by atomic mass is 15.6. The highest BCUT2D eigenvalue weighted by molar-refractivity contribution is 5.34. The number of rotatable bonds is 4. The van der Waals surface area contributed by atoms with E-state index in [2.05, 4.69) is 27.4 Å². The van der Waals surface area contributed by atoms with E-state index in [-0.39, 0.29) is 0 Å². The highest BCUT2D eigenvalue weighted by Gasteiger charge is 2.13. The normalized spacial score (nSPS) is 10.8. The third kappa shape index (κ3) is 2.12. The molecule has 0 radical (unpaired) electrons. The molecule has 0 spiro atoms. The molecule has 0 unspecified atom stereocenters. The fourth-order valence-electron chi connectivity index (χ4n) is 1.99. The van der Waals surface area contributed by atoms with Crippen LogP contribution in [0.2, 0.25) is 0 Å². The van der Waals surface area contributed by atoms with Gasteiger partial charge in [-0.15, -0.1) is 0 Å². The van der Waals surface area contributed by atoms with Gasteiger partial charge >= 0.3 is 0 Å². The van der Waals surface area contributed by atoms with Crippen LogP contribution in [0, 0.1) is 0 Å². The van der Waals surface area contributed by atoms with Crippen LogP contribution >= 0.6 is 0 Å². The van der Waals surface area contributed by atoms with E-state index in [0.717, 1.165) is 24.4 Å². The van der Waals surface area contributed by atoms with Crippen LogP contribution < -0.4 is 0 Å². The van der Waals surface area contributed by atoms with E-state index in [9.17, 15) is 0 Å². The summed E-state index contributed by atoms with van der Waals surface area (Å²) in [6.07, 6.45) is 5.59. The van der Waals surface area contributed by atoms with Gasteiger partial charge in [-0.25, -0.2) is 4.98 Å². The Hall–Kier alpha value is -2.50. The van der Waals surface area contributed by atoms with Crippen molar-refractivity contribution >= 4 is 0 Å². The van der Waals surface area contributed by atoms with Gasteiger partial charge in [-0.05, 0) is 29.0 Å². The molecule has 2 aromatic heterocycles. The molecule has 96 valence electrons. The molecular formula is C13H14N6. The van der Waals surface area contributed by atoms with Crippen LogP contribution in [0.25, 0.3) is 11.6 Å². The molecule has 1 aromatic carbocycles. The number of tetrazole rings is 1. The zero-order valence-corrected chi connectivity index (χ0v) is 10.6. The van der Waals surface area contributed by atoms with Crippen molar-refractivity contribution in [3.8, 4) is 11.6 Å². The van der Waals surface area contributed by atoms with Crippen LogP contribution in [0.3, 0.4) is 0 Å². The minimum Gasteiger partial charge on any atom is -0.270 e. The van der Waals surface area contributed by atoms with Crippen molar-refractivity contribution in [3.05, 3.63) is 48.5 Å². The molecule has 0 fully saturated rings. The van der Waals surface area contributed by atoms with Gasteiger partial charge in [0.05, 0.1) is 5.69 Å². The summed E-state index contributed by atoms with van der Waals surface area (Å²) in [7, 11) is 0. The van der Waals surface area contributed by atoms with Crippen molar-refractivity contribution in [2.75, 3.05) is 0 Å². The molecule has 3 rings (SSSR count). The molecular weight excluding hydrogens is 240 g/mol. The molecule has 0 saturated heterocycles. The molecule has 0 amide bonds. The maximum Gasteiger partial charge on any atom is 0.259 e. The topological polar surface area (TPSA) is 61.4 Å². The van der Waals surface area contributed by atoms with Crippen molar-refractivity contribution < 1.29 is 0 Å². The molecule has 0 bridgehead atoms. The summed E-state index contributed by atoms with van der Waals surface area (Å²) in [6, 6.07) is 9.82. The molecule has 0 aliphatic rings. The summed E-state index contributed by atoms with van der Waals surface area (Å²) < 4.78 is 3.64. The molecule has 0 saturated carbocycles. The second kappa shape index (κ2) is 5.01. The number of aromatic nitrogens is 6. The van der Waals surface area contributed by atoms with E-state index in [1.165, 1.54) is 0 Å². The fraction of sp³-hybridized carbons (Fsp3) is 0.231. The van der Waals surface area contributed by atoms with Gasteiger partial charge in [0.1, 0.15) is 5.82 Å². The Morgan fingerprint density at radius 2 is 2.00 bits per heavy atom. The Bertz CT molecular complexity index is 655. The van der Waals surface area contributed by atoms with Gasteiger partial charge in [0.2, 0.25) is 0 Å². The van der Waals surface area contributed by atoms with Crippen LogP contribution in [0.5, 0.6) is 0 Å². The SMILES string of the molecule is CCCc1nccn1-c1nnnn1-c1ccccc1. The van der Waals surface area contributed by atoms with Crippen molar-refractivity contribution in [3.63, 3.8) is 0 Å². The minimum atomic E-state index is 0.659. The average Bonchev–Trinajstić information content (AvgIpc) is 3.08. The monoisotopic (exact) mass is 254 g/mol. The Balaban J connectivity index is 2.07. The lowest BCUT2D eigenvalue weighted by molar-refractivity contribution is 0.742. The fourth-order valence-corrected chi connectivity index (χ4v) is 1.99. The second-order valence-electron chi connectivity index (χ2n) is 4.19. The van der Waals surface area contributed by atoms with Gasteiger partial charge in [0.15, 0.2) is 0 Å². The quantitative estimate of drug-likeness (QED) is 0.712. The third-order valence-electron chi connectivity index (χ3n) is 2.86. The second-order valence-corrected chi connectivity index (χ2v) is 4.19. The molecule has 2 heterocycles. The van der Waals surface area contributed by atoms with Gasteiger partial charge in [0.25, 0.3) is 5.95 Å². The lowest BCUT2D eigenvalue weighted by atomic mass is 10.3. The average molecular weight is 254 g/mol. The first-order chi connectivity index (χ1) is 9.40. The number of imidazole rings is 1. The predicted molar refractivity (Wildman–Crippen MR) is 70.3 cm³/mol. The zero-order valence-electron chi connectivity index (χ0n) is 10.6. The molecule has 0 atom stereocenters. The van der Waals surface area contributed by atoms with Crippen molar-refractivity contribution in [2.45, 2.75) is 19.8 Å². The number of nitrogens with zero attached hydrogens (tertiary/aromatic N) is 6. The molecule has 0 aliphatic heterocycles. The van der Waals surface area contributed by atoms with Gasteiger partial charge in [-0.2, -0.15) is 4.68 Å².